The normalized spacial score (nSPS) is 11.6. The third-order valence-corrected chi connectivity index (χ3v) is 0.725. The van der Waals surface area contributed by atoms with Crippen LogP contribution in [0.15, 0.2) is 12.2 Å². The maximum Gasteiger partial charge on any atom is 0.0694 e. The third-order valence-electron chi connectivity index (χ3n) is 0.725. The van der Waals surface area contributed by atoms with Gasteiger partial charge in [-0.25, -0.2) is 0 Å². The van der Waals surface area contributed by atoms with E-state index < -0.39 is 5.97 Å². The lowest BCUT2D eigenvalue weighted by Crippen LogP contribution is -2.18. The van der Waals surface area contributed by atoms with Crippen LogP contribution in [0.5, 0.6) is 0 Å². The maximum atomic E-state index is 9.71. The van der Waals surface area contributed by atoms with Gasteiger partial charge in [-0.3, -0.25) is 0 Å². The molecule has 0 radical (unpaired) electrons. The number of hydrogen-bond acceptors (Lipinski definition) is 3. The topological polar surface area (TPSA) is 100 Å². The number of carboxylic acid groups (broad SMARTS) is 1. The van der Waals surface area contributed by atoms with E-state index in [1.807, 2.05) is 6.07 Å². The highest BCUT2D eigenvalue weighted by molar-refractivity contribution is 5.77. The second kappa shape index (κ2) is 5.79. The molecule has 0 spiro atoms. The lowest BCUT2D eigenvalue weighted by atomic mass is 10.2. The summed E-state index contributed by atoms with van der Waals surface area (Å²) < 4.78 is 0. The maximum absolute atomic E-state index is 9.71. The van der Waals surface area contributed by atoms with E-state index in [1.165, 1.54) is 6.08 Å². The van der Waals surface area contributed by atoms with Crippen molar-refractivity contribution in [2.45, 2.75) is 6.92 Å². The largest absolute Gasteiger partial charge is 0.545 e. The van der Waals surface area contributed by atoms with Crippen molar-refractivity contribution in [2.75, 3.05) is 0 Å². The van der Waals surface area contributed by atoms with E-state index in [4.69, 9.17) is 5.26 Å². The van der Waals surface area contributed by atoms with Gasteiger partial charge in [-0.2, -0.15) is 5.26 Å². The second-order valence-corrected chi connectivity index (χ2v) is 1.60. The van der Waals surface area contributed by atoms with Crippen molar-refractivity contribution in [2.24, 2.45) is 5.92 Å². The number of allylic oxidation sites excluding steroid dienone is 1. The summed E-state index contributed by atoms with van der Waals surface area (Å²) in [6.45, 7) is 1.60. The van der Waals surface area contributed by atoms with Gasteiger partial charge in [0.1, 0.15) is 0 Å². The average molecular weight is 142 g/mol. The van der Waals surface area contributed by atoms with Gasteiger partial charge in [-0.15, -0.1) is 0 Å². The summed E-state index contributed by atoms with van der Waals surface area (Å²) in [5.41, 5.74) is 0. The fraction of sp³-hybridized carbons (Fsp3) is 0.333. The minimum atomic E-state index is -1.27. The van der Waals surface area contributed by atoms with Gasteiger partial charge in [0, 0.05) is 0 Å². The van der Waals surface area contributed by atoms with E-state index >= 15 is 0 Å². The van der Waals surface area contributed by atoms with E-state index in [0.717, 1.165) is 6.08 Å². The highest BCUT2D eigenvalue weighted by Crippen LogP contribution is 1.91. The molecule has 1 atom stereocenters. The van der Waals surface area contributed by atoms with E-state index in [0.29, 0.717) is 0 Å². The van der Waals surface area contributed by atoms with Gasteiger partial charge in [0.2, 0.25) is 0 Å². The monoisotopic (exact) mass is 142 g/mol. The van der Waals surface area contributed by atoms with Crippen LogP contribution in [0.4, 0.5) is 0 Å². The molecule has 4 N–H and O–H groups in total. The zero-order valence-electron chi connectivity index (χ0n) is 6.00. The van der Waals surface area contributed by atoms with E-state index in [9.17, 15) is 9.90 Å². The number of nitriles is 1. The van der Waals surface area contributed by atoms with Crippen molar-refractivity contribution >= 4 is 5.97 Å². The summed E-state index contributed by atoms with van der Waals surface area (Å²) in [5.74, 6) is -1.62. The molecular weight excluding hydrogens is 132 g/mol. The average Bonchev–Trinajstić information content (AvgIpc) is 1.83. The van der Waals surface area contributed by atoms with Crippen LogP contribution in [0.25, 0.3) is 0 Å². The van der Waals surface area contributed by atoms with Crippen LogP contribution in [0.2, 0.25) is 0 Å². The molecule has 0 fully saturated rings. The molecule has 0 aromatic heterocycles. The first-order valence-electron chi connectivity index (χ1n) is 2.45. The molecule has 0 bridgehead atoms. The molecule has 0 aliphatic rings. The number of nitrogens with zero attached hydrogens (tertiary/aromatic N) is 1. The van der Waals surface area contributed by atoms with Gasteiger partial charge >= 0.3 is 0 Å². The molecule has 4 nitrogen and oxygen atoms in total. The number of hydrogen-bond donors (Lipinski definition) is 1. The Bertz CT molecular complexity index is 169. The lowest BCUT2D eigenvalue weighted by Gasteiger charge is -1.91. The predicted octanol–water partition coefficient (Wildman–Crippen LogP) is -0.172. The van der Waals surface area contributed by atoms with Crippen LogP contribution in [0.1, 0.15) is 6.92 Å². The number of rotatable bonds is 2. The molecule has 0 amide bonds. The Kier molecular flexibility index (Phi) is 6.63. The van der Waals surface area contributed by atoms with Crippen molar-refractivity contribution < 1.29 is 9.90 Å². The number of carboxylic acids is 1. The van der Waals surface area contributed by atoms with Crippen LogP contribution >= 0.6 is 0 Å². The van der Waals surface area contributed by atoms with E-state index in [2.05, 4.69) is 0 Å². The molecule has 1 unspecified atom stereocenters. The number of carbonyl (C=O) groups excluding carboxylic acids is 1. The molecule has 0 aliphatic heterocycles. The number of quaternary nitrogens is 1. The summed E-state index contributed by atoms with van der Waals surface area (Å²) in [6.07, 6.45) is 2.13. The SMILES string of the molecule is CC(C#N)C=CC(=O)[O-].[NH4+]. The van der Waals surface area contributed by atoms with Crippen LogP contribution < -0.4 is 11.3 Å². The van der Waals surface area contributed by atoms with Gasteiger partial charge < -0.3 is 16.1 Å². The smallest absolute Gasteiger partial charge is 0.0694 e. The Hall–Kier alpha value is -1.34. The van der Waals surface area contributed by atoms with Crippen LogP contribution in [0, 0.1) is 17.2 Å². The van der Waals surface area contributed by atoms with E-state index in [-0.39, 0.29) is 12.1 Å². The van der Waals surface area contributed by atoms with Gasteiger partial charge in [0.25, 0.3) is 0 Å². The van der Waals surface area contributed by atoms with Gasteiger partial charge in [0.15, 0.2) is 0 Å². The first-order chi connectivity index (χ1) is 4.16. The number of carbonyl (C=O) groups is 1. The Balaban J connectivity index is 0. The first-order valence-corrected chi connectivity index (χ1v) is 2.45. The zero-order chi connectivity index (χ0) is 7.28. The predicted molar refractivity (Wildman–Crippen MR) is 34.9 cm³/mol. The Morgan fingerprint density at radius 3 is 2.60 bits per heavy atom. The van der Waals surface area contributed by atoms with Crippen molar-refractivity contribution in [3.05, 3.63) is 12.2 Å². The summed E-state index contributed by atoms with van der Waals surface area (Å²) in [7, 11) is 0. The fourth-order valence-electron chi connectivity index (χ4n) is 0.266. The summed E-state index contributed by atoms with van der Waals surface area (Å²) in [4.78, 5) is 9.71. The molecule has 0 rings (SSSR count). The van der Waals surface area contributed by atoms with Crippen molar-refractivity contribution in [1.29, 1.82) is 5.26 Å². The second-order valence-electron chi connectivity index (χ2n) is 1.60. The van der Waals surface area contributed by atoms with Gasteiger partial charge in [-0.05, 0) is 13.0 Å². The minimum Gasteiger partial charge on any atom is -0.545 e. The Morgan fingerprint density at radius 2 is 2.30 bits per heavy atom. The Labute approximate surface area is 59.4 Å². The number of aliphatic carboxylic acids is 1. The molecular formula is C6H10N2O2. The van der Waals surface area contributed by atoms with Gasteiger partial charge in [-0.1, -0.05) is 6.08 Å². The molecule has 0 heterocycles. The molecule has 10 heavy (non-hydrogen) atoms. The molecule has 56 valence electrons. The molecule has 4 heteroatoms. The fourth-order valence-corrected chi connectivity index (χ4v) is 0.266. The minimum absolute atomic E-state index is 0. The van der Waals surface area contributed by atoms with Crippen molar-refractivity contribution in [3.63, 3.8) is 0 Å². The standard InChI is InChI=1S/C6H7NO2.H3N/c1-5(4-7)2-3-6(8)9;/h2-3,5H,1H3,(H,8,9);1H3. The quantitative estimate of drug-likeness (QED) is 0.541. The summed E-state index contributed by atoms with van der Waals surface area (Å²) in [5, 5.41) is 17.8. The lowest BCUT2D eigenvalue weighted by molar-refractivity contribution is -0.297. The zero-order valence-corrected chi connectivity index (χ0v) is 6.00. The van der Waals surface area contributed by atoms with E-state index in [1.54, 1.807) is 6.92 Å². The van der Waals surface area contributed by atoms with Gasteiger partial charge in [0.05, 0.1) is 18.0 Å². The molecule has 0 saturated carbocycles. The molecule has 0 aromatic rings. The highest BCUT2D eigenvalue weighted by atomic mass is 16.4. The molecule has 0 aromatic carbocycles. The summed E-state index contributed by atoms with van der Waals surface area (Å²) in [6, 6.07) is 1.84. The molecule has 0 saturated heterocycles. The first kappa shape index (κ1) is 11.5. The van der Waals surface area contributed by atoms with Crippen LogP contribution in [0.3, 0.4) is 0 Å². The van der Waals surface area contributed by atoms with Crippen molar-refractivity contribution in [3.8, 4) is 6.07 Å². The van der Waals surface area contributed by atoms with Crippen LogP contribution in [-0.4, -0.2) is 5.97 Å². The Morgan fingerprint density at radius 1 is 1.80 bits per heavy atom. The summed E-state index contributed by atoms with van der Waals surface area (Å²) >= 11 is 0. The van der Waals surface area contributed by atoms with Crippen LogP contribution in [-0.2, 0) is 4.79 Å². The third kappa shape index (κ3) is 6.66. The highest BCUT2D eigenvalue weighted by Gasteiger charge is 1.88. The van der Waals surface area contributed by atoms with Crippen molar-refractivity contribution in [1.82, 2.24) is 6.15 Å². The molecule has 0 aliphatic carbocycles.